The fraction of sp³-hybridized carbons (Fsp3) is 0.345. The van der Waals surface area contributed by atoms with E-state index >= 15 is 0 Å². The summed E-state index contributed by atoms with van der Waals surface area (Å²) in [6.45, 7) is 9.52. The minimum Gasteiger partial charge on any atom is -0.491 e. The second-order valence-corrected chi connectivity index (χ2v) is 9.05. The van der Waals surface area contributed by atoms with Crippen molar-refractivity contribution in [3.05, 3.63) is 89.2 Å². The molecule has 0 radical (unpaired) electrons. The van der Waals surface area contributed by atoms with Gasteiger partial charge < -0.3 is 19.1 Å². The highest BCUT2D eigenvalue weighted by Gasteiger charge is 2.16. The van der Waals surface area contributed by atoms with Gasteiger partial charge in [0.15, 0.2) is 0 Å². The molecule has 3 aromatic carbocycles. The van der Waals surface area contributed by atoms with Crippen LogP contribution < -0.4 is 9.47 Å². The van der Waals surface area contributed by atoms with Crippen LogP contribution in [0.1, 0.15) is 49.2 Å². The molecule has 0 aliphatic carbocycles. The smallest absolute Gasteiger partial charge is 0.148 e. The molecule has 0 aliphatic rings. The molecule has 0 amide bonds. The fourth-order valence-electron chi connectivity index (χ4n) is 4.25. The van der Waals surface area contributed by atoms with E-state index in [0.29, 0.717) is 19.1 Å². The molecule has 0 fully saturated rings. The van der Waals surface area contributed by atoms with Gasteiger partial charge in [-0.05, 0) is 72.4 Å². The highest BCUT2D eigenvalue weighted by Crippen LogP contribution is 2.25. The standard InChI is InChI=1S/C29H34N2O3/c1-5-22-10-12-24(13-11-22)33-18-23(32)17-31-28-9-7-6-8-27(28)30-29(31)19-34-25-14-15-26(20(2)3)21(4)16-25/h6-16,20,23,32H,5,17-19H2,1-4H3. The van der Waals surface area contributed by atoms with E-state index in [1.54, 1.807) is 0 Å². The molecule has 178 valence electrons. The van der Waals surface area contributed by atoms with E-state index in [1.165, 1.54) is 16.7 Å². The summed E-state index contributed by atoms with van der Waals surface area (Å²) in [7, 11) is 0. The van der Waals surface area contributed by atoms with Gasteiger partial charge in [0, 0.05) is 0 Å². The molecule has 4 aromatic rings. The van der Waals surface area contributed by atoms with Gasteiger partial charge in [-0.15, -0.1) is 0 Å². The Balaban J connectivity index is 1.46. The van der Waals surface area contributed by atoms with E-state index in [4.69, 9.17) is 14.5 Å². The molecule has 5 heteroatoms. The normalized spacial score (nSPS) is 12.3. The van der Waals surface area contributed by atoms with Crippen molar-refractivity contribution in [3.8, 4) is 11.5 Å². The Morgan fingerprint density at radius 2 is 1.68 bits per heavy atom. The van der Waals surface area contributed by atoms with Crippen LogP contribution in [0.25, 0.3) is 11.0 Å². The predicted molar refractivity (Wildman–Crippen MR) is 137 cm³/mol. The number of para-hydroxylation sites is 2. The lowest BCUT2D eigenvalue weighted by Gasteiger charge is -2.16. The van der Waals surface area contributed by atoms with Gasteiger partial charge in [0.2, 0.25) is 0 Å². The van der Waals surface area contributed by atoms with Crippen LogP contribution in [0.2, 0.25) is 0 Å². The second kappa shape index (κ2) is 10.7. The average molecular weight is 459 g/mol. The van der Waals surface area contributed by atoms with E-state index in [-0.39, 0.29) is 6.61 Å². The zero-order chi connectivity index (χ0) is 24.1. The zero-order valence-corrected chi connectivity index (χ0v) is 20.5. The third kappa shape index (κ3) is 5.60. The Kier molecular flexibility index (Phi) is 7.53. The minimum atomic E-state index is -0.685. The maximum Gasteiger partial charge on any atom is 0.148 e. The predicted octanol–water partition coefficient (Wildman–Crippen LogP) is 6.05. The summed E-state index contributed by atoms with van der Waals surface area (Å²) >= 11 is 0. The lowest BCUT2D eigenvalue weighted by Crippen LogP contribution is -2.25. The van der Waals surface area contributed by atoms with Gasteiger partial charge in [-0.1, -0.05) is 51.1 Å². The Hall–Kier alpha value is -3.31. The van der Waals surface area contributed by atoms with E-state index in [9.17, 15) is 5.11 Å². The van der Waals surface area contributed by atoms with Crippen LogP contribution >= 0.6 is 0 Å². The average Bonchev–Trinajstić information content (AvgIpc) is 3.18. The first-order chi connectivity index (χ1) is 16.4. The number of aromatic nitrogens is 2. The molecule has 0 aliphatic heterocycles. The van der Waals surface area contributed by atoms with E-state index in [1.807, 2.05) is 47.0 Å². The number of hydrogen-bond donors (Lipinski definition) is 1. The van der Waals surface area contributed by atoms with Gasteiger partial charge in [-0.25, -0.2) is 4.98 Å². The molecular weight excluding hydrogens is 424 g/mol. The molecule has 4 rings (SSSR count). The van der Waals surface area contributed by atoms with Crippen molar-refractivity contribution in [1.29, 1.82) is 0 Å². The summed E-state index contributed by atoms with van der Waals surface area (Å²) in [5.74, 6) is 2.83. The third-order valence-electron chi connectivity index (χ3n) is 6.13. The molecular formula is C29H34N2O3. The summed E-state index contributed by atoms with van der Waals surface area (Å²) in [6.07, 6.45) is 0.304. The molecule has 0 bridgehead atoms. The van der Waals surface area contributed by atoms with Crippen LogP contribution in [-0.4, -0.2) is 27.4 Å². The molecule has 0 saturated carbocycles. The van der Waals surface area contributed by atoms with Crippen molar-refractivity contribution < 1.29 is 14.6 Å². The Bertz CT molecular complexity index is 1230. The quantitative estimate of drug-likeness (QED) is 0.314. The summed E-state index contributed by atoms with van der Waals surface area (Å²) in [6, 6.07) is 22.2. The number of aliphatic hydroxyl groups excluding tert-OH is 1. The minimum absolute atomic E-state index is 0.203. The number of aliphatic hydroxyl groups is 1. The van der Waals surface area contributed by atoms with Crippen LogP contribution in [0.15, 0.2) is 66.7 Å². The highest BCUT2D eigenvalue weighted by atomic mass is 16.5. The Morgan fingerprint density at radius 1 is 0.941 bits per heavy atom. The maximum atomic E-state index is 10.8. The summed E-state index contributed by atoms with van der Waals surface area (Å²) in [5, 5.41) is 10.8. The Labute approximate surface area is 202 Å². The number of fused-ring (bicyclic) bond motifs is 1. The molecule has 0 saturated heterocycles. The van der Waals surface area contributed by atoms with Crippen molar-refractivity contribution in [2.75, 3.05) is 6.61 Å². The van der Waals surface area contributed by atoms with Crippen LogP contribution in [-0.2, 0) is 19.6 Å². The van der Waals surface area contributed by atoms with Crippen molar-refractivity contribution in [3.63, 3.8) is 0 Å². The number of aryl methyl sites for hydroxylation is 2. The van der Waals surface area contributed by atoms with Crippen molar-refractivity contribution in [1.82, 2.24) is 9.55 Å². The van der Waals surface area contributed by atoms with Gasteiger partial charge >= 0.3 is 0 Å². The lowest BCUT2D eigenvalue weighted by molar-refractivity contribution is 0.0917. The molecule has 1 aromatic heterocycles. The summed E-state index contributed by atoms with van der Waals surface area (Å²) in [5.41, 5.74) is 5.67. The van der Waals surface area contributed by atoms with Crippen LogP contribution in [0.4, 0.5) is 0 Å². The summed E-state index contributed by atoms with van der Waals surface area (Å²) in [4.78, 5) is 4.77. The molecule has 1 atom stereocenters. The van der Waals surface area contributed by atoms with Crippen molar-refractivity contribution in [2.24, 2.45) is 0 Å². The molecule has 1 heterocycles. The van der Waals surface area contributed by atoms with Crippen LogP contribution in [0, 0.1) is 6.92 Å². The molecule has 34 heavy (non-hydrogen) atoms. The molecule has 5 nitrogen and oxygen atoms in total. The van der Waals surface area contributed by atoms with Gasteiger partial charge in [0.25, 0.3) is 0 Å². The molecule has 0 spiro atoms. The lowest BCUT2D eigenvalue weighted by atomic mass is 9.98. The second-order valence-electron chi connectivity index (χ2n) is 9.05. The SMILES string of the molecule is CCc1ccc(OCC(O)Cn2c(COc3ccc(C(C)C)c(C)c3)nc3ccccc32)cc1. The van der Waals surface area contributed by atoms with Gasteiger partial charge in [0.1, 0.15) is 36.6 Å². The van der Waals surface area contributed by atoms with Crippen molar-refractivity contribution in [2.45, 2.75) is 59.3 Å². The van der Waals surface area contributed by atoms with Gasteiger partial charge in [0.05, 0.1) is 17.6 Å². The highest BCUT2D eigenvalue weighted by molar-refractivity contribution is 5.75. The van der Waals surface area contributed by atoms with Gasteiger partial charge in [-0.3, -0.25) is 0 Å². The largest absolute Gasteiger partial charge is 0.491 e. The number of nitrogens with zero attached hydrogens (tertiary/aromatic N) is 2. The first-order valence-electron chi connectivity index (χ1n) is 12.0. The van der Waals surface area contributed by atoms with Gasteiger partial charge in [-0.2, -0.15) is 0 Å². The number of hydrogen-bond acceptors (Lipinski definition) is 4. The first kappa shape index (κ1) is 23.8. The topological polar surface area (TPSA) is 56.5 Å². The zero-order valence-electron chi connectivity index (χ0n) is 20.5. The van der Waals surface area contributed by atoms with Crippen LogP contribution in [0.3, 0.4) is 0 Å². The van der Waals surface area contributed by atoms with E-state index in [2.05, 4.69) is 52.0 Å². The first-order valence-corrected chi connectivity index (χ1v) is 12.0. The molecule has 1 unspecified atom stereocenters. The van der Waals surface area contributed by atoms with E-state index < -0.39 is 6.10 Å². The summed E-state index contributed by atoms with van der Waals surface area (Å²) < 4.78 is 14.0. The number of benzene rings is 3. The monoisotopic (exact) mass is 458 g/mol. The Morgan fingerprint density at radius 3 is 2.38 bits per heavy atom. The van der Waals surface area contributed by atoms with Crippen LogP contribution in [0.5, 0.6) is 11.5 Å². The van der Waals surface area contributed by atoms with Crippen molar-refractivity contribution >= 4 is 11.0 Å². The number of rotatable bonds is 10. The maximum absolute atomic E-state index is 10.8. The van der Waals surface area contributed by atoms with E-state index in [0.717, 1.165) is 34.8 Å². The number of imidazole rings is 1. The molecule has 1 N–H and O–H groups in total. The fourth-order valence-corrected chi connectivity index (χ4v) is 4.25. The third-order valence-corrected chi connectivity index (χ3v) is 6.13. The number of ether oxygens (including phenoxy) is 2.